The van der Waals surface area contributed by atoms with Crippen molar-refractivity contribution in [1.29, 1.82) is 0 Å². The number of anilines is 3. The largest absolute Gasteiger partial charge is 0.348 e. The van der Waals surface area contributed by atoms with Crippen molar-refractivity contribution < 1.29 is 0 Å². The molecule has 0 saturated heterocycles. The fourth-order valence-electron chi connectivity index (χ4n) is 9.73. The highest BCUT2D eigenvalue weighted by Crippen LogP contribution is 2.56. The van der Waals surface area contributed by atoms with E-state index in [1.807, 2.05) is 6.20 Å². The van der Waals surface area contributed by atoms with Gasteiger partial charge in [0.1, 0.15) is 6.17 Å². The standard InChI is InChI=1S/C53H35N3/c1-55-48-21-8-9-22-49(48)56-47-28-26-37(32-46(47)52-44(53(55)56)20-11-29-54-52)36-25-27-43-45(31-36)50(38-24-23-33-12-2-3-14-35(33)30-38)41-17-6-7-18-42(41)51(43)40-19-10-15-34-13-4-5-16-39(34)40/h2-32,53H,1H3. The first-order valence-electron chi connectivity index (χ1n) is 19.4. The van der Waals surface area contributed by atoms with Gasteiger partial charge in [0.05, 0.1) is 22.8 Å². The molecule has 0 saturated carbocycles. The predicted octanol–water partition coefficient (Wildman–Crippen LogP) is 14.0. The summed E-state index contributed by atoms with van der Waals surface area (Å²) in [6.07, 6.45) is 1.99. The van der Waals surface area contributed by atoms with E-state index in [9.17, 15) is 0 Å². The minimum atomic E-state index is 0.0559. The summed E-state index contributed by atoms with van der Waals surface area (Å²) in [6, 6.07) is 67.2. The number of hydrogen-bond donors (Lipinski definition) is 0. The molecule has 56 heavy (non-hydrogen) atoms. The summed E-state index contributed by atoms with van der Waals surface area (Å²) in [4.78, 5) is 9.90. The van der Waals surface area contributed by atoms with Crippen LogP contribution in [-0.4, -0.2) is 12.0 Å². The second-order valence-corrected chi connectivity index (χ2v) is 15.2. The van der Waals surface area contributed by atoms with Gasteiger partial charge in [-0.25, -0.2) is 0 Å². The zero-order valence-electron chi connectivity index (χ0n) is 30.8. The molecule has 12 rings (SSSR count). The van der Waals surface area contributed by atoms with Gasteiger partial charge in [0, 0.05) is 24.4 Å². The molecule has 10 aromatic rings. The third-order valence-electron chi connectivity index (χ3n) is 12.2. The van der Waals surface area contributed by atoms with E-state index in [0.717, 1.165) is 11.3 Å². The topological polar surface area (TPSA) is 19.4 Å². The lowest BCUT2D eigenvalue weighted by atomic mass is 9.83. The second-order valence-electron chi connectivity index (χ2n) is 15.2. The lowest BCUT2D eigenvalue weighted by Gasteiger charge is -2.37. The second kappa shape index (κ2) is 11.9. The molecule has 0 bridgehead atoms. The van der Waals surface area contributed by atoms with Crippen LogP contribution >= 0.6 is 0 Å². The average Bonchev–Trinajstić information content (AvgIpc) is 3.57. The summed E-state index contributed by atoms with van der Waals surface area (Å²) in [6.45, 7) is 0. The van der Waals surface area contributed by atoms with Gasteiger partial charge in [0.15, 0.2) is 0 Å². The van der Waals surface area contributed by atoms with Crippen molar-refractivity contribution in [3.8, 4) is 44.6 Å². The molecule has 1 unspecified atom stereocenters. The summed E-state index contributed by atoms with van der Waals surface area (Å²) in [5.41, 5.74) is 14.4. The first-order chi connectivity index (χ1) is 27.7. The van der Waals surface area contributed by atoms with Gasteiger partial charge in [-0.15, -0.1) is 0 Å². The number of nitrogens with zero attached hydrogens (tertiary/aromatic N) is 3. The van der Waals surface area contributed by atoms with E-state index < -0.39 is 0 Å². The predicted molar refractivity (Wildman–Crippen MR) is 236 cm³/mol. The zero-order chi connectivity index (χ0) is 36.9. The van der Waals surface area contributed by atoms with E-state index >= 15 is 0 Å². The Morgan fingerprint density at radius 3 is 1.95 bits per heavy atom. The van der Waals surface area contributed by atoms with Gasteiger partial charge < -0.3 is 9.80 Å². The lowest BCUT2D eigenvalue weighted by molar-refractivity contribution is 0.709. The van der Waals surface area contributed by atoms with Gasteiger partial charge in [0.25, 0.3) is 0 Å². The lowest BCUT2D eigenvalue weighted by Crippen LogP contribution is -2.33. The normalized spacial score (nSPS) is 14.3. The third kappa shape index (κ3) is 4.43. The molecule has 2 aliphatic rings. The molecule has 262 valence electrons. The van der Waals surface area contributed by atoms with E-state index in [2.05, 4.69) is 199 Å². The molecule has 0 N–H and O–H groups in total. The highest BCUT2D eigenvalue weighted by atomic mass is 15.4. The Morgan fingerprint density at radius 1 is 0.411 bits per heavy atom. The molecule has 0 fully saturated rings. The molecule has 0 aliphatic carbocycles. The molecule has 1 aromatic heterocycles. The molecule has 3 heteroatoms. The molecule has 0 spiro atoms. The molecule has 0 amide bonds. The molecular formula is C53H35N3. The molecule has 0 radical (unpaired) electrons. The fraction of sp³-hybridized carbons (Fsp3) is 0.0377. The fourth-order valence-corrected chi connectivity index (χ4v) is 9.73. The van der Waals surface area contributed by atoms with Crippen LogP contribution in [0, 0.1) is 0 Å². The number of fused-ring (bicyclic) bond motifs is 12. The number of pyridine rings is 1. The van der Waals surface area contributed by atoms with E-state index in [0.29, 0.717) is 0 Å². The quantitative estimate of drug-likeness (QED) is 0.170. The van der Waals surface area contributed by atoms with Crippen molar-refractivity contribution >= 4 is 60.2 Å². The van der Waals surface area contributed by atoms with Crippen LogP contribution in [0.25, 0.3) is 87.7 Å². The Bertz CT molecular complexity index is 3250. The zero-order valence-corrected chi connectivity index (χ0v) is 30.8. The van der Waals surface area contributed by atoms with Crippen LogP contribution in [0.3, 0.4) is 0 Å². The maximum absolute atomic E-state index is 5.03. The maximum atomic E-state index is 5.03. The Kier molecular flexibility index (Phi) is 6.61. The van der Waals surface area contributed by atoms with Gasteiger partial charge in [-0.3, -0.25) is 4.98 Å². The molecule has 3 heterocycles. The minimum absolute atomic E-state index is 0.0559. The first kappa shape index (κ1) is 31.2. The number of aromatic nitrogens is 1. The number of para-hydroxylation sites is 2. The van der Waals surface area contributed by atoms with Crippen molar-refractivity contribution in [3.63, 3.8) is 0 Å². The van der Waals surface area contributed by atoms with Crippen LogP contribution in [0.4, 0.5) is 17.1 Å². The van der Waals surface area contributed by atoms with Crippen molar-refractivity contribution in [3.05, 3.63) is 194 Å². The van der Waals surface area contributed by atoms with Gasteiger partial charge in [-0.1, -0.05) is 140 Å². The monoisotopic (exact) mass is 713 g/mol. The van der Waals surface area contributed by atoms with Gasteiger partial charge in [0.2, 0.25) is 0 Å². The van der Waals surface area contributed by atoms with E-state index in [1.165, 1.54) is 99.1 Å². The Balaban J connectivity index is 1.13. The highest BCUT2D eigenvalue weighted by Gasteiger charge is 2.41. The summed E-state index contributed by atoms with van der Waals surface area (Å²) < 4.78 is 0. The smallest absolute Gasteiger partial charge is 0.134 e. The third-order valence-corrected chi connectivity index (χ3v) is 12.2. The first-order valence-corrected chi connectivity index (χ1v) is 19.4. The Morgan fingerprint density at radius 2 is 1.07 bits per heavy atom. The van der Waals surface area contributed by atoms with Crippen LogP contribution in [0.5, 0.6) is 0 Å². The van der Waals surface area contributed by atoms with Gasteiger partial charge in [-0.2, -0.15) is 0 Å². The Hall–Kier alpha value is -7.23. The van der Waals surface area contributed by atoms with E-state index in [4.69, 9.17) is 4.98 Å². The average molecular weight is 714 g/mol. The number of hydrogen-bond acceptors (Lipinski definition) is 3. The van der Waals surface area contributed by atoms with Crippen LogP contribution in [-0.2, 0) is 0 Å². The summed E-state index contributed by atoms with van der Waals surface area (Å²) in [7, 11) is 2.19. The van der Waals surface area contributed by atoms with Crippen LogP contribution in [0.2, 0.25) is 0 Å². The number of benzene rings is 9. The van der Waals surface area contributed by atoms with Crippen molar-refractivity contribution in [2.75, 3.05) is 16.8 Å². The van der Waals surface area contributed by atoms with Crippen LogP contribution < -0.4 is 9.80 Å². The SMILES string of the molecule is CN1c2ccccc2N2c3ccc(-c4ccc5c(-c6cccc7ccccc67)c6ccccc6c(-c6ccc7ccccc7c6)c5c4)cc3-c3ncccc3C12. The molecule has 3 nitrogen and oxygen atoms in total. The van der Waals surface area contributed by atoms with Crippen LogP contribution in [0.15, 0.2) is 188 Å². The van der Waals surface area contributed by atoms with Crippen molar-refractivity contribution in [1.82, 2.24) is 4.98 Å². The summed E-state index contributed by atoms with van der Waals surface area (Å²) in [5.74, 6) is 0. The Labute approximate surface area is 325 Å². The number of rotatable bonds is 3. The molecule has 9 aromatic carbocycles. The molecule has 2 aliphatic heterocycles. The maximum Gasteiger partial charge on any atom is 0.134 e. The van der Waals surface area contributed by atoms with Gasteiger partial charge in [-0.05, 0) is 119 Å². The van der Waals surface area contributed by atoms with Crippen molar-refractivity contribution in [2.24, 2.45) is 0 Å². The summed E-state index contributed by atoms with van der Waals surface area (Å²) >= 11 is 0. The van der Waals surface area contributed by atoms with E-state index in [1.54, 1.807) is 0 Å². The van der Waals surface area contributed by atoms with E-state index in [-0.39, 0.29) is 6.17 Å². The minimum Gasteiger partial charge on any atom is -0.348 e. The van der Waals surface area contributed by atoms with Crippen LogP contribution in [0.1, 0.15) is 11.7 Å². The molecule has 1 atom stereocenters. The molecular weight excluding hydrogens is 679 g/mol. The van der Waals surface area contributed by atoms with Crippen molar-refractivity contribution in [2.45, 2.75) is 6.17 Å². The van der Waals surface area contributed by atoms with Gasteiger partial charge >= 0.3 is 0 Å². The highest BCUT2D eigenvalue weighted by molar-refractivity contribution is 6.24. The summed E-state index contributed by atoms with van der Waals surface area (Å²) in [5, 5.41) is 9.99.